The second-order valence-corrected chi connectivity index (χ2v) is 5.39. The monoisotopic (exact) mass is 323 g/mol. The number of hydrogen-bond acceptors (Lipinski definition) is 4. The van der Waals surface area contributed by atoms with E-state index in [9.17, 15) is 10.1 Å². The molecule has 3 aromatic rings. The maximum atomic E-state index is 10.7. The number of nitro benzene ring substituents is 1. The normalized spacial score (nSPS) is 12.0. The van der Waals surface area contributed by atoms with Gasteiger partial charge in [-0.05, 0) is 23.3 Å². The lowest BCUT2D eigenvalue weighted by Gasteiger charge is -2.19. The molecule has 0 aliphatic carbocycles. The minimum Gasteiger partial charge on any atom is -0.367 e. The van der Waals surface area contributed by atoms with E-state index in [1.807, 2.05) is 41.1 Å². The SMILES string of the molecule is O=[N+]([O-])c1ccc(COC(Cn2ccnc2)c2ccccc2)cc1. The number of ether oxygens (including phenoxy) is 1. The van der Waals surface area contributed by atoms with Gasteiger partial charge in [0.1, 0.15) is 6.10 Å². The van der Waals surface area contributed by atoms with Crippen molar-refractivity contribution in [3.8, 4) is 0 Å². The zero-order chi connectivity index (χ0) is 16.8. The van der Waals surface area contributed by atoms with Crippen LogP contribution in [-0.4, -0.2) is 14.5 Å². The molecular weight excluding hydrogens is 306 g/mol. The Morgan fingerprint density at radius 3 is 2.50 bits per heavy atom. The van der Waals surface area contributed by atoms with Crippen LogP contribution in [0.5, 0.6) is 0 Å². The molecule has 122 valence electrons. The van der Waals surface area contributed by atoms with E-state index in [4.69, 9.17) is 4.74 Å². The summed E-state index contributed by atoms with van der Waals surface area (Å²) in [7, 11) is 0. The number of nitrogens with zero attached hydrogens (tertiary/aromatic N) is 3. The van der Waals surface area contributed by atoms with Gasteiger partial charge < -0.3 is 9.30 Å². The van der Waals surface area contributed by atoms with Crippen LogP contribution >= 0.6 is 0 Å². The van der Waals surface area contributed by atoms with Crippen LogP contribution in [-0.2, 0) is 17.9 Å². The fourth-order valence-electron chi connectivity index (χ4n) is 2.42. The lowest BCUT2D eigenvalue weighted by Crippen LogP contribution is -2.12. The summed E-state index contributed by atoms with van der Waals surface area (Å²) in [5, 5.41) is 10.7. The highest BCUT2D eigenvalue weighted by Gasteiger charge is 2.13. The van der Waals surface area contributed by atoms with Gasteiger partial charge in [0, 0.05) is 24.5 Å². The van der Waals surface area contributed by atoms with Crippen LogP contribution in [0.25, 0.3) is 0 Å². The Balaban J connectivity index is 1.70. The van der Waals surface area contributed by atoms with E-state index < -0.39 is 4.92 Å². The molecule has 6 heteroatoms. The van der Waals surface area contributed by atoms with E-state index in [0.717, 1.165) is 11.1 Å². The van der Waals surface area contributed by atoms with Gasteiger partial charge in [-0.1, -0.05) is 30.3 Å². The van der Waals surface area contributed by atoms with Gasteiger partial charge in [0.15, 0.2) is 0 Å². The smallest absolute Gasteiger partial charge is 0.269 e. The first-order valence-corrected chi connectivity index (χ1v) is 7.58. The number of aromatic nitrogens is 2. The van der Waals surface area contributed by atoms with Crippen molar-refractivity contribution in [2.75, 3.05) is 0 Å². The fraction of sp³-hybridized carbons (Fsp3) is 0.167. The van der Waals surface area contributed by atoms with E-state index in [1.54, 1.807) is 24.7 Å². The van der Waals surface area contributed by atoms with Crippen molar-refractivity contribution in [3.63, 3.8) is 0 Å². The van der Waals surface area contributed by atoms with Crippen molar-refractivity contribution in [2.45, 2.75) is 19.3 Å². The summed E-state index contributed by atoms with van der Waals surface area (Å²) < 4.78 is 8.04. The van der Waals surface area contributed by atoms with Crippen LogP contribution < -0.4 is 0 Å². The molecule has 0 amide bonds. The molecule has 0 N–H and O–H groups in total. The van der Waals surface area contributed by atoms with Crippen LogP contribution in [0, 0.1) is 10.1 Å². The number of hydrogen-bond donors (Lipinski definition) is 0. The molecule has 2 aromatic carbocycles. The molecule has 0 radical (unpaired) electrons. The van der Waals surface area contributed by atoms with Crippen LogP contribution in [0.15, 0.2) is 73.3 Å². The molecular formula is C18H17N3O3. The van der Waals surface area contributed by atoms with Crippen LogP contribution in [0.2, 0.25) is 0 Å². The quantitative estimate of drug-likeness (QED) is 0.490. The summed E-state index contributed by atoms with van der Waals surface area (Å²) in [5.41, 5.74) is 2.05. The molecule has 1 atom stereocenters. The van der Waals surface area contributed by atoms with Gasteiger partial charge in [0.25, 0.3) is 5.69 Å². The zero-order valence-corrected chi connectivity index (χ0v) is 13.0. The van der Waals surface area contributed by atoms with E-state index in [0.29, 0.717) is 13.2 Å². The molecule has 0 saturated heterocycles. The van der Waals surface area contributed by atoms with E-state index in [2.05, 4.69) is 4.98 Å². The highest BCUT2D eigenvalue weighted by Crippen LogP contribution is 2.22. The molecule has 0 bridgehead atoms. The molecule has 0 aliphatic rings. The molecule has 0 spiro atoms. The van der Waals surface area contributed by atoms with Gasteiger partial charge >= 0.3 is 0 Å². The molecule has 1 unspecified atom stereocenters. The molecule has 0 saturated carbocycles. The summed E-state index contributed by atoms with van der Waals surface area (Å²) in [6.07, 6.45) is 5.25. The third-order valence-electron chi connectivity index (χ3n) is 3.71. The first-order valence-electron chi connectivity index (χ1n) is 7.58. The van der Waals surface area contributed by atoms with Gasteiger partial charge in [0.2, 0.25) is 0 Å². The van der Waals surface area contributed by atoms with Gasteiger partial charge in [-0.25, -0.2) is 4.98 Å². The number of nitro groups is 1. The predicted molar refractivity (Wildman–Crippen MR) is 89.3 cm³/mol. The minimum atomic E-state index is -0.406. The van der Waals surface area contributed by atoms with Crippen LogP contribution in [0.3, 0.4) is 0 Å². The molecule has 0 fully saturated rings. The topological polar surface area (TPSA) is 70.2 Å². The molecule has 6 nitrogen and oxygen atoms in total. The van der Waals surface area contributed by atoms with Gasteiger partial charge in [-0.3, -0.25) is 10.1 Å². The number of imidazole rings is 1. The van der Waals surface area contributed by atoms with Crippen molar-refractivity contribution in [3.05, 3.63) is 94.6 Å². The predicted octanol–water partition coefficient (Wildman–Crippen LogP) is 3.75. The lowest BCUT2D eigenvalue weighted by atomic mass is 10.1. The van der Waals surface area contributed by atoms with Crippen LogP contribution in [0.1, 0.15) is 17.2 Å². The highest BCUT2D eigenvalue weighted by molar-refractivity contribution is 5.32. The average Bonchev–Trinajstić information content (AvgIpc) is 3.13. The average molecular weight is 323 g/mol. The standard InChI is InChI=1S/C18H17N3O3/c22-21(23)17-8-6-15(7-9-17)13-24-18(12-20-11-10-19-14-20)16-4-2-1-3-5-16/h1-11,14,18H,12-13H2. The summed E-state index contributed by atoms with van der Waals surface area (Å²) in [6, 6.07) is 16.4. The summed E-state index contributed by atoms with van der Waals surface area (Å²) >= 11 is 0. The maximum absolute atomic E-state index is 10.7. The highest BCUT2D eigenvalue weighted by atomic mass is 16.6. The summed E-state index contributed by atoms with van der Waals surface area (Å²) in [4.78, 5) is 14.4. The Morgan fingerprint density at radius 1 is 1.12 bits per heavy atom. The molecule has 0 aliphatic heterocycles. The summed E-state index contributed by atoms with van der Waals surface area (Å²) in [6.45, 7) is 1.03. The van der Waals surface area contributed by atoms with Crippen molar-refractivity contribution >= 4 is 5.69 Å². The van der Waals surface area contributed by atoms with Gasteiger partial charge in [-0.15, -0.1) is 0 Å². The third-order valence-corrected chi connectivity index (χ3v) is 3.71. The zero-order valence-electron chi connectivity index (χ0n) is 13.0. The molecule has 3 rings (SSSR count). The Kier molecular flexibility index (Phi) is 4.98. The van der Waals surface area contributed by atoms with Crippen molar-refractivity contribution in [1.29, 1.82) is 0 Å². The maximum Gasteiger partial charge on any atom is 0.269 e. The van der Waals surface area contributed by atoms with E-state index >= 15 is 0 Å². The first kappa shape index (κ1) is 15.9. The van der Waals surface area contributed by atoms with Gasteiger partial charge in [0.05, 0.1) is 24.4 Å². The van der Waals surface area contributed by atoms with Crippen LogP contribution in [0.4, 0.5) is 5.69 Å². The third kappa shape index (κ3) is 4.05. The number of benzene rings is 2. The van der Waals surface area contributed by atoms with Crippen molar-refractivity contribution < 1.29 is 9.66 Å². The minimum absolute atomic E-state index is 0.0803. The van der Waals surface area contributed by atoms with E-state index in [1.165, 1.54) is 12.1 Å². The Labute approximate surface area is 139 Å². The molecule has 24 heavy (non-hydrogen) atoms. The Morgan fingerprint density at radius 2 is 1.88 bits per heavy atom. The fourth-order valence-corrected chi connectivity index (χ4v) is 2.42. The first-order chi connectivity index (χ1) is 11.7. The van der Waals surface area contributed by atoms with E-state index in [-0.39, 0.29) is 11.8 Å². The Hall–Kier alpha value is -2.99. The molecule has 1 aromatic heterocycles. The van der Waals surface area contributed by atoms with Gasteiger partial charge in [-0.2, -0.15) is 0 Å². The van der Waals surface area contributed by atoms with Crippen molar-refractivity contribution in [2.24, 2.45) is 0 Å². The lowest BCUT2D eigenvalue weighted by molar-refractivity contribution is -0.384. The number of rotatable bonds is 7. The largest absolute Gasteiger partial charge is 0.367 e. The summed E-state index contributed by atoms with van der Waals surface area (Å²) in [5.74, 6) is 0. The number of non-ortho nitro benzene ring substituents is 1. The Bertz CT molecular complexity index is 771. The second kappa shape index (κ2) is 7.52. The molecule has 1 heterocycles. The van der Waals surface area contributed by atoms with Crippen molar-refractivity contribution in [1.82, 2.24) is 9.55 Å². The second-order valence-electron chi connectivity index (χ2n) is 5.39.